The summed E-state index contributed by atoms with van der Waals surface area (Å²) in [5.74, 6) is 0. The maximum absolute atomic E-state index is 6.23. The lowest BCUT2D eigenvalue weighted by Crippen LogP contribution is -2.23. The second-order valence-electron chi connectivity index (χ2n) is 4.37. The van der Waals surface area contributed by atoms with Crippen LogP contribution in [0.5, 0.6) is 0 Å². The van der Waals surface area contributed by atoms with Gasteiger partial charge in [-0.25, -0.2) is 4.57 Å². The van der Waals surface area contributed by atoms with E-state index >= 15 is 0 Å². The van der Waals surface area contributed by atoms with Gasteiger partial charge in [0.1, 0.15) is 12.7 Å². The molecule has 0 bridgehead atoms. The van der Waals surface area contributed by atoms with Crippen LogP contribution in [0.2, 0.25) is 5.02 Å². The summed E-state index contributed by atoms with van der Waals surface area (Å²) in [6, 6.07) is 5.96. The van der Waals surface area contributed by atoms with Crippen molar-refractivity contribution in [2.75, 3.05) is 19.0 Å². The number of hydrogen-bond acceptors (Lipinski definition) is 4. The molecule has 1 aromatic heterocycles. The van der Waals surface area contributed by atoms with E-state index in [4.69, 9.17) is 11.6 Å². The highest BCUT2D eigenvalue weighted by molar-refractivity contribution is 7.12. The highest BCUT2D eigenvalue weighted by Crippen LogP contribution is 2.23. The molecule has 0 fully saturated rings. The number of anilines is 1. The lowest BCUT2D eigenvalue weighted by Gasteiger charge is -2.13. The number of aryl methyl sites for hydroxylation is 1. The second-order valence-corrected chi connectivity index (χ2v) is 5.65. The molecular formula is C15H22ClN4S+. The summed E-state index contributed by atoms with van der Waals surface area (Å²) >= 11 is 7.79. The molecule has 1 heterocycles. The summed E-state index contributed by atoms with van der Waals surface area (Å²) in [6.45, 7) is 4.49. The number of aromatic nitrogens is 1. The highest BCUT2D eigenvalue weighted by atomic mass is 35.5. The minimum absolute atomic E-state index is 0.491. The Kier molecular flexibility index (Phi) is 7.32. The molecule has 21 heavy (non-hydrogen) atoms. The van der Waals surface area contributed by atoms with Crippen molar-refractivity contribution >= 4 is 33.8 Å². The highest BCUT2D eigenvalue weighted by Gasteiger charge is 2.08. The summed E-state index contributed by atoms with van der Waals surface area (Å²) in [7, 11) is 5.92. The van der Waals surface area contributed by atoms with Crippen LogP contribution in [0.15, 0.2) is 40.0 Å². The third-order valence-electron chi connectivity index (χ3n) is 2.71. The van der Waals surface area contributed by atoms with E-state index in [0.29, 0.717) is 6.54 Å². The zero-order valence-corrected chi connectivity index (χ0v) is 14.7. The molecule has 0 saturated heterocycles. The fourth-order valence-corrected chi connectivity index (χ4v) is 2.47. The van der Waals surface area contributed by atoms with E-state index in [0.717, 1.165) is 21.4 Å². The molecule has 0 spiro atoms. The van der Waals surface area contributed by atoms with Crippen molar-refractivity contribution in [2.24, 2.45) is 17.3 Å². The first-order valence-corrected chi connectivity index (χ1v) is 8.10. The van der Waals surface area contributed by atoms with Crippen molar-refractivity contribution in [3.63, 3.8) is 0 Å². The van der Waals surface area contributed by atoms with Crippen LogP contribution >= 0.6 is 22.9 Å². The minimum Gasteiger partial charge on any atom is -0.378 e. The Balaban J connectivity index is 0.00000106. The summed E-state index contributed by atoms with van der Waals surface area (Å²) in [6.07, 6.45) is 1.96. The van der Waals surface area contributed by atoms with Crippen LogP contribution in [0, 0.1) is 0 Å². The Morgan fingerprint density at radius 2 is 2.00 bits per heavy atom. The molecule has 0 saturated carbocycles. The van der Waals surface area contributed by atoms with E-state index in [2.05, 4.69) is 10.2 Å². The predicted octanol–water partition coefficient (Wildman–Crippen LogP) is 4.60. The zero-order valence-electron chi connectivity index (χ0n) is 13.2. The van der Waals surface area contributed by atoms with E-state index in [1.165, 1.54) is 0 Å². The smallest absolute Gasteiger partial charge is 0.378 e. The maximum Gasteiger partial charge on any atom is 0.407 e. The Labute approximate surface area is 135 Å². The molecule has 2 rings (SSSR count). The molecular weight excluding hydrogens is 304 g/mol. The largest absolute Gasteiger partial charge is 0.407 e. The van der Waals surface area contributed by atoms with Crippen molar-refractivity contribution < 1.29 is 4.57 Å². The standard InChI is InChI=1S/C13H16ClN4S.C2H6/c1-17(2)11-5-4-10(12(14)8-11)9-15-16-13-18(3)6-7-19-13;1-2/h4-8H,9H2,1-3H3;1-2H3/q+1;. The van der Waals surface area contributed by atoms with Gasteiger partial charge in [-0.05, 0) is 29.0 Å². The van der Waals surface area contributed by atoms with Gasteiger partial charge in [-0.3, -0.25) is 0 Å². The molecule has 0 radical (unpaired) electrons. The number of rotatable bonds is 4. The van der Waals surface area contributed by atoms with Gasteiger partial charge in [-0.15, -0.1) is 0 Å². The lowest BCUT2D eigenvalue weighted by molar-refractivity contribution is -0.654. The monoisotopic (exact) mass is 325 g/mol. The molecule has 114 valence electrons. The molecule has 6 heteroatoms. The zero-order chi connectivity index (χ0) is 15.8. The maximum atomic E-state index is 6.23. The van der Waals surface area contributed by atoms with Crippen LogP contribution in [0.3, 0.4) is 0 Å². The third-order valence-corrected chi connectivity index (χ3v) is 3.90. The average Bonchev–Trinajstić information content (AvgIpc) is 2.88. The number of benzene rings is 1. The second kappa shape index (κ2) is 8.74. The number of nitrogens with zero attached hydrogens (tertiary/aromatic N) is 4. The lowest BCUT2D eigenvalue weighted by atomic mass is 10.2. The van der Waals surface area contributed by atoms with Gasteiger partial charge in [0.05, 0.1) is 12.2 Å². The fourth-order valence-electron chi connectivity index (χ4n) is 1.54. The van der Waals surface area contributed by atoms with Gasteiger partial charge in [0.2, 0.25) is 0 Å². The first kappa shape index (κ1) is 17.6. The first-order valence-electron chi connectivity index (χ1n) is 6.84. The van der Waals surface area contributed by atoms with Crippen molar-refractivity contribution in [1.29, 1.82) is 0 Å². The number of halogens is 1. The molecule has 0 amide bonds. The first-order chi connectivity index (χ1) is 10.1. The number of hydrogen-bond donors (Lipinski definition) is 0. The van der Waals surface area contributed by atoms with Gasteiger partial charge in [0.25, 0.3) is 0 Å². The normalized spacial score (nSPS) is 10.4. The quantitative estimate of drug-likeness (QED) is 0.597. The van der Waals surface area contributed by atoms with Crippen LogP contribution in [0.25, 0.3) is 0 Å². The van der Waals surface area contributed by atoms with Crippen LogP contribution in [-0.4, -0.2) is 14.1 Å². The van der Waals surface area contributed by atoms with Crippen LogP contribution in [-0.2, 0) is 13.6 Å². The average molecular weight is 326 g/mol. The fraction of sp³-hybridized carbons (Fsp3) is 0.400. The van der Waals surface area contributed by atoms with Crippen molar-refractivity contribution in [1.82, 2.24) is 0 Å². The van der Waals surface area contributed by atoms with Gasteiger partial charge >= 0.3 is 5.13 Å². The van der Waals surface area contributed by atoms with Gasteiger partial charge < -0.3 is 4.90 Å². The third kappa shape index (κ3) is 5.10. The van der Waals surface area contributed by atoms with Crippen molar-refractivity contribution in [3.05, 3.63) is 40.4 Å². The Hall–Kier alpha value is -1.46. The van der Waals surface area contributed by atoms with E-state index in [1.54, 1.807) is 11.3 Å². The topological polar surface area (TPSA) is 31.8 Å². The van der Waals surface area contributed by atoms with E-state index in [-0.39, 0.29) is 0 Å². The summed E-state index contributed by atoms with van der Waals surface area (Å²) in [5, 5.41) is 12.0. The summed E-state index contributed by atoms with van der Waals surface area (Å²) in [5.41, 5.74) is 2.06. The molecule has 2 aromatic rings. The van der Waals surface area contributed by atoms with E-state index in [9.17, 15) is 0 Å². The summed E-state index contributed by atoms with van der Waals surface area (Å²) < 4.78 is 1.94. The Morgan fingerprint density at radius 1 is 1.29 bits per heavy atom. The molecule has 0 unspecified atom stereocenters. The molecule has 0 N–H and O–H groups in total. The molecule has 0 atom stereocenters. The van der Waals surface area contributed by atoms with Gasteiger partial charge in [-0.2, -0.15) is 0 Å². The summed E-state index contributed by atoms with van der Waals surface area (Å²) in [4.78, 5) is 2.02. The van der Waals surface area contributed by atoms with Gasteiger partial charge in [-0.1, -0.05) is 36.6 Å². The van der Waals surface area contributed by atoms with Gasteiger partial charge in [0.15, 0.2) is 0 Å². The number of azo groups is 1. The minimum atomic E-state index is 0.491. The SMILES string of the molecule is CC.CN(C)c1ccc(CN=Nc2scc[n+]2C)c(Cl)c1. The molecule has 0 aliphatic rings. The number of thiazole rings is 1. The molecule has 0 aliphatic heterocycles. The Morgan fingerprint density at radius 3 is 2.52 bits per heavy atom. The Bertz CT molecular complexity index is 593. The van der Waals surface area contributed by atoms with Crippen LogP contribution < -0.4 is 9.47 Å². The van der Waals surface area contributed by atoms with Crippen LogP contribution in [0.1, 0.15) is 19.4 Å². The van der Waals surface area contributed by atoms with E-state index < -0.39 is 0 Å². The van der Waals surface area contributed by atoms with E-state index in [1.807, 2.05) is 74.2 Å². The molecule has 4 nitrogen and oxygen atoms in total. The predicted molar refractivity (Wildman–Crippen MR) is 90.8 cm³/mol. The van der Waals surface area contributed by atoms with Crippen molar-refractivity contribution in [2.45, 2.75) is 20.4 Å². The molecule has 1 aromatic carbocycles. The van der Waals surface area contributed by atoms with Crippen LogP contribution in [0.4, 0.5) is 10.8 Å². The van der Waals surface area contributed by atoms with Gasteiger partial charge in [0, 0.05) is 30.2 Å². The van der Waals surface area contributed by atoms with Crippen molar-refractivity contribution in [3.8, 4) is 0 Å². The molecule has 0 aliphatic carbocycles.